The molecule has 0 aliphatic heterocycles. The molecule has 3 nitrogen and oxygen atoms in total. The normalized spacial score (nSPS) is 15.3. The number of allylic oxidation sites excluding steroid dienone is 8. The number of ketones is 1. The van der Waals surface area contributed by atoms with E-state index < -0.39 is 0 Å². The number of benzene rings is 1. The Morgan fingerprint density at radius 1 is 1.35 bits per heavy atom. The molecular formula is C23H26N2O. The van der Waals surface area contributed by atoms with E-state index in [9.17, 15) is 4.79 Å². The molecule has 0 radical (unpaired) electrons. The molecule has 1 aromatic carbocycles. The lowest BCUT2D eigenvalue weighted by Gasteiger charge is -2.07. The van der Waals surface area contributed by atoms with Crippen molar-refractivity contribution in [2.24, 2.45) is 4.99 Å². The molecule has 0 saturated carbocycles. The first kappa shape index (κ1) is 17.9. The van der Waals surface area contributed by atoms with Gasteiger partial charge in [0.1, 0.15) is 0 Å². The summed E-state index contributed by atoms with van der Waals surface area (Å²) in [5, 5.41) is 1.11. The van der Waals surface area contributed by atoms with E-state index in [1.165, 1.54) is 5.56 Å². The maximum Gasteiger partial charge on any atom is 0.164 e. The van der Waals surface area contributed by atoms with Gasteiger partial charge in [0.15, 0.2) is 5.78 Å². The Labute approximate surface area is 156 Å². The van der Waals surface area contributed by atoms with Gasteiger partial charge in [0.05, 0.1) is 11.4 Å². The van der Waals surface area contributed by atoms with Gasteiger partial charge in [-0.1, -0.05) is 55.5 Å². The van der Waals surface area contributed by atoms with Crippen LogP contribution in [0.3, 0.4) is 0 Å². The van der Waals surface area contributed by atoms with Crippen LogP contribution < -0.4 is 0 Å². The minimum absolute atomic E-state index is 0. The number of aliphatic imine (C=N–C) groups is 1. The van der Waals surface area contributed by atoms with E-state index in [-0.39, 0.29) is 7.21 Å². The van der Waals surface area contributed by atoms with E-state index in [0.717, 1.165) is 34.3 Å². The second kappa shape index (κ2) is 7.96. The van der Waals surface area contributed by atoms with E-state index in [2.05, 4.69) is 47.3 Å². The number of aromatic nitrogens is 1. The van der Waals surface area contributed by atoms with E-state index >= 15 is 0 Å². The highest BCUT2D eigenvalue weighted by Gasteiger charge is 2.15. The summed E-state index contributed by atoms with van der Waals surface area (Å²) in [7, 11) is 1.76. The predicted octanol–water partition coefficient (Wildman–Crippen LogP) is 5.60. The summed E-state index contributed by atoms with van der Waals surface area (Å²) >= 11 is 0. The first-order chi connectivity index (χ1) is 12.6. The van der Waals surface area contributed by atoms with Crippen molar-refractivity contribution >= 4 is 28.0 Å². The van der Waals surface area contributed by atoms with Gasteiger partial charge in [-0.2, -0.15) is 0 Å². The second-order valence-electron chi connectivity index (χ2n) is 6.35. The van der Waals surface area contributed by atoms with Crippen molar-refractivity contribution in [2.45, 2.75) is 26.7 Å². The van der Waals surface area contributed by atoms with Crippen molar-refractivity contribution in [2.75, 3.05) is 7.05 Å². The van der Waals surface area contributed by atoms with Gasteiger partial charge in [-0.25, -0.2) is 0 Å². The number of carbonyl (C=O) groups excluding carboxylic acids is 1. The molecule has 1 aliphatic rings. The highest BCUT2D eigenvalue weighted by Crippen LogP contribution is 2.25. The van der Waals surface area contributed by atoms with Gasteiger partial charge < -0.3 is 4.98 Å². The van der Waals surface area contributed by atoms with Crippen LogP contribution in [-0.2, 0) is 4.79 Å². The number of H-pyrrole nitrogens is 1. The zero-order valence-corrected chi connectivity index (χ0v) is 15.5. The smallest absolute Gasteiger partial charge is 0.164 e. The van der Waals surface area contributed by atoms with Gasteiger partial charge in [-0.15, -0.1) is 0 Å². The topological polar surface area (TPSA) is 45.2 Å². The molecule has 0 spiro atoms. The van der Waals surface area contributed by atoms with Crippen LogP contribution in [0.1, 0.15) is 32.4 Å². The largest absolute Gasteiger partial charge is 0.354 e. The van der Waals surface area contributed by atoms with Gasteiger partial charge in [-0.3, -0.25) is 9.79 Å². The number of fused-ring (bicyclic) bond motifs is 1. The quantitative estimate of drug-likeness (QED) is 0.556. The monoisotopic (exact) mass is 346 g/mol. The van der Waals surface area contributed by atoms with Crippen LogP contribution in [0.4, 0.5) is 0 Å². The number of para-hydroxylation sites is 1. The van der Waals surface area contributed by atoms with Crippen molar-refractivity contribution < 1.29 is 6.22 Å². The fourth-order valence-corrected chi connectivity index (χ4v) is 3.12. The first-order valence-electron chi connectivity index (χ1n) is 8.98. The molecule has 0 atom stereocenters. The van der Waals surface area contributed by atoms with Crippen molar-refractivity contribution in [1.29, 1.82) is 0 Å². The van der Waals surface area contributed by atoms with Crippen LogP contribution in [0.2, 0.25) is 0 Å². The van der Waals surface area contributed by atoms with Crippen LogP contribution in [0, 0.1) is 6.92 Å². The summed E-state index contributed by atoms with van der Waals surface area (Å²) in [6, 6.07) is 8.21. The number of aryl methyl sites for hydroxylation is 1. The molecule has 134 valence electrons. The van der Waals surface area contributed by atoms with Gasteiger partial charge in [0, 0.05) is 31.4 Å². The molecule has 2 aromatic rings. The standard InChI is InChI=1S/C23H24N2O.H2/c1-4-22(26)19(15-20(24-3)17-11-7-5-6-8-12-17)21-14-18-13-9-10-16(2)23(18)25-21;/h5,7-15,25H,4,6H2,1-3H3;1H/b19-15-,24-20?;. The van der Waals surface area contributed by atoms with Crippen LogP contribution in [0.5, 0.6) is 0 Å². The summed E-state index contributed by atoms with van der Waals surface area (Å²) < 4.78 is 0. The molecule has 3 rings (SSSR count). The Morgan fingerprint density at radius 2 is 2.19 bits per heavy atom. The SMILES string of the molecule is CCC(=O)/C(=C\C(=NC)C1=CC=CCC=C1)c1cc2cccc(C)c2[nH]1.[HH]. The highest BCUT2D eigenvalue weighted by atomic mass is 16.1. The maximum atomic E-state index is 12.7. The molecule has 0 saturated heterocycles. The third-order valence-corrected chi connectivity index (χ3v) is 4.58. The minimum atomic E-state index is 0. The molecule has 1 heterocycles. The van der Waals surface area contributed by atoms with Crippen LogP contribution in [0.25, 0.3) is 16.5 Å². The zero-order chi connectivity index (χ0) is 18.5. The molecule has 26 heavy (non-hydrogen) atoms. The molecule has 1 aliphatic carbocycles. The number of Topliss-reactive ketones (excluding diaryl/α,β-unsaturated/α-hetero) is 1. The number of aromatic amines is 1. The van der Waals surface area contributed by atoms with E-state index in [1.807, 2.05) is 37.3 Å². The summed E-state index contributed by atoms with van der Waals surface area (Å²) in [4.78, 5) is 20.5. The molecule has 1 N–H and O–H groups in total. The average molecular weight is 346 g/mol. The fraction of sp³-hybridized carbons (Fsp3) is 0.217. The summed E-state index contributed by atoms with van der Waals surface area (Å²) in [6.07, 6.45) is 13.6. The van der Waals surface area contributed by atoms with Gasteiger partial charge in [0.2, 0.25) is 0 Å². The Balaban J connectivity index is 0.00000261. The Morgan fingerprint density at radius 3 is 2.92 bits per heavy atom. The van der Waals surface area contributed by atoms with E-state index in [0.29, 0.717) is 12.0 Å². The third-order valence-electron chi connectivity index (χ3n) is 4.58. The first-order valence-corrected chi connectivity index (χ1v) is 8.98. The number of hydrogen-bond acceptors (Lipinski definition) is 2. The summed E-state index contributed by atoms with van der Waals surface area (Å²) in [5.41, 5.74) is 5.57. The molecule has 0 bridgehead atoms. The van der Waals surface area contributed by atoms with Crippen LogP contribution in [-0.4, -0.2) is 23.5 Å². The molecule has 0 fully saturated rings. The van der Waals surface area contributed by atoms with Crippen molar-refractivity contribution in [1.82, 2.24) is 4.98 Å². The number of rotatable bonds is 5. The van der Waals surface area contributed by atoms with Crippen molar-refractivity contribution in [3.8, 4) is 0 Å². The molecule has 3 heteroatoms. The van der Waals surface area contributed by atoms with E-state index in [4.69, 9.17) is 0 Å². The second-order valence-corrected chi connectivity index (χ2v) is 6.35. The number of carbonyl (C=O) groups is 1. The fourth-order valence-electron chi connectivity index (χ4n) is 3.12. The lowest BCUT2D eigenvalue weighted by Crippen LogP contribution is -2.05. The van der Waals surface area contributed by atoms with Gasteiger partial charge in [-0.05, 0) is 36.6 Å². The Hall–Kier alpha value is -2.94. The molecule has 0 unspecified atom stereocenters. The van der Waals surface area contributed by atoms with Gasteiger partial charge >= 0.3 is 0 Å². The molecule has 1 aromatic heterocycles. The number of nitrogens with zero attached hydrogens (tertiary/aromatic N) is 1. The van der Waals surface area contributed by atoms with Gasteiger partial charge in [0.25, 0.3) is 0 Å². The summed E-state index contributed by atoms with van der Waals surface area (Å²) in [6.45, 7) is 3.96. The lowest BCUT2D eigenvalue weighted by atomic mass is 10.00. The third kappa shape index (κ3) is 3.67. The van der Waals surface area contributed by atoms with Crippen molar-refractivity contribution in [3.63, 3.8) is 0 Å². The highest BCUT2D eigenvalue weighted by molar-refractivity contribution is 6.28. The zero-order valence-electron chi connectivity index (χ0n) is 15.5. The maximum absolute atomic E-state index is 12.7. The van der Waals surface area contributed by atoms with E-state index in [1.54, 1.807) is 7.05 Å². The molecular weight excluding hydrogens is 320 g/mol. The Kier molecular flexibility index (Phi) is 5.47. The number of nitrogens with one attached hydrogen (secondary N) is 1. The van der Waals surface area contributed by atoms with Crippen LogP contribution in [0.15, 0.2) is 71.3 Å². The van der Waals surface area contributed by atoms with Crippen LogP contribution >= 0.6 is 0 Å². The number of hydrogen-bond donors (Lipinski definition) is 1. The predicted molar refractivity (Wildman–Crippen MR) is 113 cm³/mol. The minimum Gasteiger partial charge on any atom is -0.354 e. The summed E-state index contributed by atoms with van der Waals surface area (Å²) in [5.74, 6) is 0.101. The lowest BCUT2D eigenvalue weighted by molar-refractivity contribution is -0.113. The van der Waals surface area contributed by atoms with Crippen molar-refractivity contribution in [3.05, 3.63) is 77.6 Å². The average Bonchev–Trinajstić information content (AvgIpc) is 2.91. The Bertz CT molecular complexity index is 987. The molecule has 0 amide bonds.